The van der Waals surface area contributed by atoms with Gasteiger partial charge in [-0.2, -0.15) is 0 Å². The highest BCUT2D eigenvalue weighted by atomic mass is 16.7. The predicted octanol–water partition coefficient (Wildman–Crippen LogP) is 9.71. The Morgan fingerprint density at radius 1 is 0.943 bits per heavy atom. The molecule has 0 radical (unpaired) electrons. The summed E-state index contributed by atoms with van der Waals surface area (Å²) in [6, 6.07) is 20.3. The number of rotatable bonds is 14. The van der Waals surface area contributed by atoms with E-state index in [1.54, 1.807) is 0 Å². The maximum absolute atomic E-state index is 16.3. The second kappa shape index (κ2) is 15.2. The molecule has 4 bridgehead atoms. The second-order valence-electron chi connectivity index (χ2n) is 18.3. The number of aliphatic hydroxyl groups excluding tert-OH is 1. The van der Waals surface area contributed by atoms with Gasteiger partial charge >= 0.3 is 5.97 Å². The van der Waals surface area contributed by atoms with E-state index in [1.165, 1.54) is 32.1 Å². The molecule has 0 aromatic heterocycles. The highest BCUT2D eigenvalue weighted by Crippen LogP contribution is 2.87. The lowest BCUT2D eigenvalue weighted by Crippen LogP contribution is -2.69. The molecule has 53 heavy (non-hydrogen) atoms. The molecule has 1 heterocycles. The molecule has 5 saturated carbocycles. The van der Waals surface area contributed by atoms with E-state index in [-0.39, 0.29) is 35.7 Å². The van der Waals surface area contributed by atoms with Crippen LogP contribution in [0.25, 0.3) is 0 Å². The summed E-state index contributed by atoms with van der Waals surface area (Å²) in [6.45, 7) is 12.9. The molecule has 4 unspecified atom stereocenters. The molecule has 6 aliphatic rings. The van der Waals surface area contributed by atoms with Crippen LogP contribution in [0.1, 0.15) is 115 Å². The van der Waals surface area contributed by atoms with E-state index in [9.17, 15) is 5.11 Å². The van der Waals surface area contributed by atoms with E-state index in [0.29, 0.717) is 38.1 Å². The van der Waals surface area contributed by atoms with Crippen LogP contribution in [0.5, 0.6) is 0 Å². The van der Waals surface area contributed by atoms with Crippen LogP contribution in [0.3, 0.4) is 0 Å². The second-order valence-corrected chi connectivity index (χ2v) is 18.3. The number of carbonyl (C=O) groups is 1. The van der Waals surface area contributed by atoms with Crippen molar-refractivity contribution < 1.29 is 28.8 Å². The van der Waals surface area contributed by atoms with E-state index in [1.807, 2.05) is 42.5 Å². The van der Waals surface area contributed by atoms with E-state index in [0.717, 1.165) is 55.6 Å². The predicted molar refractivity (Wildman–Crippen MR) is 207 cm³/mol. The zero-order chi connectivity index (χ0) is 36.8. The summed E-state index contributed by atoms with van der Waals surface area (Å²) in [5, 5.41) is 13.2. The standard InChI is InChI=1S/C47H64O6/c1-5-37(50-24-23-33-15-9-6-10-16-33)28-41(48)45-30-38-32(4)21-22-39(38)46(44-51-25-26-52-44)29-36(45)27-40(31(2)3)47(45,46)43(49)53-42(34-17-11-7-12-18-34)35-19-13-8-14-20-35/h5,7-8,11-14,17-20,31-33,36-42,44,48H,1,6,9-10,15-16,21-30H2,2-4H3/t32-,36?,37?,38-,39-,40?,41-,45+,46+,47?/m1/s1. The van der Waals surface area contributed by atoms with Crippen molar-refractivity contribution in [2.24, 2.45) is 57.7 Å². The number of hydrogen-bond donors (Lipinski definition) is 1. The summed E-state index contributed by atoms with van der Waals surface area (Å²) in [5.74, 6) is 2.04. The van der Waals surface area contributed by atoms with Gasteiger partial charge in [-0.05, 0) is 84.7 Å². The Labute approximate surface area is 318 Å². The molecular formula is C47H64O6. The first kappa shape index (κ1) is 37.4. The minimum absolute atomic E-state index is 0.00894. The van der Waals surface area contributed by atoms with Crippen LogP contribution >= 0.6 is 0 Å². The van der Waals surface area contributed by atoms with Crippen LogP contribution in [0, 0.1) is 57.7 Å². The average molecular weight is 725 g/mol. The maximum Gasteiger partial charge on any atom is 0.314 e. The zero-order valence-corrected chi connectivity index (χ0v) is 32.5. The molecule has 10 atom stereocenters. The number of carbonyl (C=O) groups excluding carboxylic acids is 1. The quantitative estimate of drug-likeness (QED) is 0.155. The lowest BCUT2D eigenvalue weighted by atomic mass is 9.40. The number of esters is 1. The molecular weight excluding hydrogens is 661 g/mol. The largest absolute Gasteiger partial charge is 0.452 e. The summed E-state index contributed by atoms with van der Waals surface area (Å²) >= 11 is 0. The molecule has 6 fully saturated rings. The lowest BCUT2D eigenvalue weighted by Gasteiger charge is -2.64. The Balaban J connectivity index is 1.24. The number of ether oxygens (including phenoxy) is 4. The number of fused-ring (bicyclic) bond motifs is 2. The van der Waals surface area contributed by atoms with Crippen LogP contribution in [0.4, 0.5) is 0 Å². The van der Waals surface area contributed by atoms with E-state index in [4.69, 9.17) is 18.9 Å². The first-order valence-corrected chi connectivity index (χ1v) is 21.2. The van der Waals surface area contributed by atoms with Gasteiger partial charge in [-0.1, -0.05) is 126 Å². The van der Waals surface area contributed by atoms with E-state index >= 15 is 4.79 Å². The number of aliphatic hydroxyl groups is 1. The first-order chi connectivity index (χ1) is 25.8. The van der Waals surface area contributed by atoms with Crippen molar-refractivity contribution in [1.82, 2.24) is 0 Å². The van der Waals surface area contributed by atoms with Gasteiger partial charge < -0.3 is 24.1 Å². The Bertz CT molecular complexity index is 1510. The van der Waals surface area contributed by atoms with Crippen molar-refractivity contribution in [2.45, 2.75) is 122 Å². The van der Waals surface area contributed by atoms with Crippen molar-refractivity contribution in [3.63, 3.8) is 0 Å². The third kappa shape index (κ3) is 5.90. The van der Waals surface area contributed by atoms with Gasteiger partial charge in [-0.15, -0.1) is 6.58 Å². The number of benzene rings is 2. The van der Waals surface area contributed by atoms with Gasteiger partial charge in [0.25, 0.3) is 0 Å². The van der Waals surface area contributed by atoms with E-state index in [2.05, 4.69) is 51.6 Å². The summed E-state index contributed by atoms with van der Waals surface area (Å²) < 4.78 is 27.1. The van der Waals surface area contributed by atoms with Gasteiger partial charge in [0.05, 0.1) is 30.8 Å². The minimum atomic E-state index is -1.01. The lowest BCUT2D eigenvalue weighted by molar-refractivity contribution is -0.278. The third-order valence-corrected chi connectivity index (χ3v) is 15.8. The van der Waals surface area contributed by atoms with Gasteiger partial charge in [0, 0.05) is 23.9 Å². The molecule has 2 aromatic rings. The fourth-order valence-corrected chi connectivity index (χ4v) is 13.8. The molecule has 1 N–H and O–H groups in total. The van der Waals surface area contributed by atoms with Crippen molar-refractivity contribution in [3.05, 3.63) is 84.4 Å². The summed E-state index contributed by atoms with van der Waals surface area (Å²) in [7, 11) is 0. The Hall–Kier alpha value is -2.51. The van der Waals surface area contributed by atoms with Gasteiger partial charge in [-0.3, -0.25) is 4.79 Å². The molecule has 5 aliphatic carbocycles. The first-order valence-electron chi connectivity index (χ1n) is 21.2. The van der Waals surface area contributed by atoms with Crippen molar-refractivity contribution in [1.29, 1.82) is 0 Å². The highest BCUT2D eigenvalue weighted by Gasteiger charge is 2.89. The molecule has 288 valence electrons. The molecule has 6 heteroatoms. The molecule has 6 nitrogen and oxygen atoms in total. The SMILES string of the molecule is C=CC(C[C@@H](O)[C@]12C[C@@H]3[C@H](C)CC[C@H]3[C@]3(C4OCCO4)CC1CC(C(C)C)C23C(=O)OC(c1ccccc1)c1ccccc1)OCCC1CCCCC1. The fraction of sp³-hybridized carbons (Fsp3) is 0.681. The smallest absolute Gasteiger partial charge is 0.314 e. The summed E-state index contributed by atoms with van der Waals surface area (Å²) in [6.07, 6.45) is 12.5. The van der Waals surface area contributed by atoms with Crippen LogP contribution in [0.15, 0.2) is 73.3 Å². The maximum atomic E-state index is 16.3. The van der Waals surface area contributed by atoms with Gasteiger partial charge in [0.15, 0.2) is 12.4 Å². The monoisotopic (exact) mass is 724 g/mol. The summed E-state index contributed by atoms with van der Waals surface area (Å²) in [5.41, 5.74) is -0.417. The van der Waals surface area contributed by atoms with Gasteiger partial charge in [0.2, 0.25) is 0 Å². The molecule has 2 aromatic carbocycles. The van der Waals surface area contributed by atoms with Crippen LogP contribution in [-0.2, 0) is 23.7 Å². The van der Waals surface area contributed by atoms with Crippen molar-refractivity contribution >= 4 is 5.97 Å². The fourth-order valence-electron chi connectivity index (χ4n) is 13.8. The average Bonchev–Trinajstić information content (AvgIpc) is 3.96. The van der Waals surface area contributed by atoms with E-state index < -0.39 is 34.7 Å². The van der Waals surface area contributed by atoms with Gasteiger partial charge in [0.1, 0.15) is 0 Å². The van der Waals surface area contributed by atoms with Crippen molar-refractivity contribution in [3.8, 4) is 0 Å². The molecule has 0 spiro atoms. The highest BCUT2D eigenvalue weighted by molar-refractivity contribution is 5.83. The minimum Gasteiger partial charge on any atom is -0.452 e. The van der Waals surface area contributed by atoms with Crippen LogP contribution < -0.4 is 0 Å². The van der Waals surface area contributed by atoms with Crippen LogP contribution in [-0.4, -0.2) is 49.4 Å². The Kier molecular flexibility index (Phi) is 10.7. The molecule has 8 rings (SSSR count). The van der Waals surface area contributed by atoms with Crippen molar-refractivity contribution in [2.75, 3.05) is 19.8 Å². The molecule has 1 aliphatic heterocycles. The summed E-state index contributed by atoms with van der Waals surface area (Å²) in [4.78, 5) is 16.3. The molecule has 0 amide bonds. The van der Waals surface area contributed by atoms with Gasteiger partial charge in [-0.25, -0.2) is 0 Å². The molecule has 1 saturated heterocycles. The Morgan fingerprint density at radius 2 is 1.60 bits per heavy atom. The zero-order valence-electron chi connectivity index (χ0n) is 32.5. The van der Waals surface area contributed by atoms with Crippen LogP contribution in [0.2, 0.25) is 0 Å². The Morgan fingerprint density at radius 3 is 2.23 bits per heavy atom. The third-order valence-electron chi connectivity index (χ3n) is 15.8. The normalized spacial score (nSPS) is 36.5. The number of hydrogen-bond acceptors (Lipinski definition) is 6. The topological polar surface area (TPSA) is 74.2 Å².